The molecular weight excluding hydrogens is 266 g/mol. The quantitative estimate of drug-likeness (QED) is 0.847. The zero-order chi connectivity index (χ0) is 12.5. The largest absolute Gasteiger partial charge is 0.339 e. The highest BCUT2D eigenvalue weighted by Crippen LogP contribution is 2.37. The average molecular weight is 278 g/mol. The normalized spacial score (nSPS) is 13.4. The summed E-state index contributed by atoms with van der Waals surface area (Å²) >= 11 is 7.74. The Hall–Kier alpha value is -1.26. The molecule has 0 spiro atoms. The summed E-state index contributed by atoms with van der Waals surface area (Å²) in [6.45, 7) is 2.07. The standard InChI is InChI=1S/C13H12ClN3S/c1-8-3-2-4-9(7-8)15-12-11-10(5-6-18-11)16-13(14)17-12/h2-4,7H,5-6H2,1H3,(H,15,16,17). The number of halogens is 1. The van der Waals surface area contributed by atoms with Gasteiger partial charge in [0.2, 0.25) is 5.28 Å². The first-order valence-corrected chi connectivity index (χ1v) is 7.11. The molecule has 1 N–H and O–H groups in total. The third-order valence-electron chi connectivity index (χ3n) is 2.77. The lowest BCUT2D eigenvalue weighted by molar-refractivity contribution is 0.980. The Balaban J connectivity index is 1.98. The molecule has 18 heavy (non-hydrogen) atoms. The lowest BCUT2D eigenvalue weighted by atomic mass is 10.2. The summed E-state index contributed by atoms with van der Waals surface area (Å²) in [4.78, 5) is 9.68. The predicted molar refractivity (Wildman–Crippen MR) is 75.9 cm³/mol. The van der Waals surface area contributed by atoms with Gasteiger partial charge in [0.25, 0.3) is 0 Å². The van der Waals surface area contributed by atoms with Crippen LogP contribution in [-0.4, -0.2) is 15.7 Å². The molecule has 2 heterocycles. The Morgan fingerprint density at radius 1 is 1.33 bits per heavy atom. The lowest BCUT2D eigenvalue weighted by Gasteiger charge is -2.10. The Kier molecular flexibility index (Phi) is 3.14. The van der Waals surface area contributed by atoms with Crippen LogP contribution in [0.1, 0.15) is 11.3 Å². The number of rotatable bonds is 2. The molecule has 3 rings (SSSR count). The van der Waals surface area contributed by atoms with Gasteiger partial charge in [0.05, 0.1) is 10.6 Å². The number of fused-ring (bicyclic) bond motifs is 1. The van der Waals surface area contributed by atoms with Gasteiger partial charge in [-0.25, -0.2) is 4.98 Å². The van der Waals surface area contributed by atoms with Crippen LogP contribution >= 0.6 is 23.4 Å². The van der Waals surface area contributed by atoms with E-state index < -0.39 is 0 Å². The van der Waals surface area contributed by atoms with Gasteiger partial charge < -0.3 is 5.32 Å². The third kappa shape index (κ3) is 2.31. The summed E-state index contributed by atoms with van der Waals surface area (Å²) in [7, 11) is 0. The number of hydrogen-bond acceptors (Lipinski definition) is 4. The highest BCUT2D eigenvalue weighted by molar-refractivity contribution is 7.99. The van der Waals surface area contributed by atoms with Crippen molar-refractivity contribution in [2.75, 3.05) is 11.1 Å². The summed E-state index contributed by atoms with van der Waals surface area (Å²) in [5.74, 6) is 1.87. The Labute approximate surface area is 115 Å². The van der Waals surface area contributed by atoms with Crippen molar-refractivity contribution >= 4 is 34.9 Å². The van der Waals surface area contributed by atoms with E-state index in [2.05, 4.69) is 34.3 Å². The maximum absolute atomic E-state index is 5.95. The summed E-state index contributed by atoms with van der Waals surface area (Å²) in [5, 5.41) is 3.64. The fraction of sp³-hybridized carbons (Fsp3) is 0.231. The summed E-state index contributed by atoms with van der Waals surface area (Å²) in [5.41, 5.74) is 3.29. The Morgan fingerprint density at radius 2 is 2.22 bits per heavy atom. The van der Waals surface area contributed by atoms with E-state index in [1.165, 1.54) is 5.56 Å². The van der Waals surface area contributed by atoms with Gasteiger partial charge in [-0.3, -0.25) is 0 Å². The molecule has 92 valence electrons. The van der Waals surface area contributed by atoms with Gasteiger partial charge in [-0.1, -0.05) is 12.1 Å². The number of hydrogen-bond donors (Lipinski definition) is 1. The molecule has 0 bridgehead atoms. The van der Waals surface area contributed by atoms with Crippen LogP contribution < -0.4 is 5.32 Å². The molecule has 2 aromatic rings. The molecule has 1 aromatic carbocycles. The number of thioether (sulfide) groups is 1. The van der Waals surface area contributed by atoms with Crippen LogP contribution in [0, 0.1) is 6.92 Å². The molecular formula is C13H12ClN3S. The fourth-order valence-corrected chi connectivity index (χ4v) is 3.22. The molecule has 0 radical (unpaired) electrons. The Bertz CT molecular complexity index is 601. The van der Waals surface area contributed by atoms with E-state index in [0.29, 0.717) is 5.28 Å². The molecule has 0 saturated carbocycles. The molecule has 0 atom stereocenters. The highest BCUT2D eigenvalue weighted by atomic mass is 35.5. The maximum Gasteiger partial charge on any atom is 0.224 e. The first kappa shape index (κ1) is 11.8. The van der Waals surface area contributed by atoms with Crippen LogP contribution in [0.3, 0.4) is 0 Å². The minimum Gasteiger partial charge on any atom is -0.339 e. The van der Waals surface area contributed by atoms with Crippen molar-refractivity contribution in [2.24, 2.45) is 0 Å². The van der Waals surface area contributed by atoms with Crippen LogP contribution in [0.2, 0.25) is 5.28 Å². The topological polar surface area (TPSA) is 37.8 Å². The van der Waals surface area contributed by atoms with Gasteiger partial charge in [-0.15, -0.1) is 11.8 Å². The summed E-state index contributed by atoms with van der Waals surface area (Å²) in [6, 6.07) is 8.20. The Morgan fingerprint density at radius 3 is 3.06 bits per heavy atom. The van der Waals surface area contributed by atoms with Crippen molar-refractivity contribution < 1.29 is 0 Å². The maximum atomic E-state index is 5.95. The molecule has 3 nitrogen and oxygen atoms in total. The first-order valence-electron chi connectivity index (χ1n) is 5.75. The van der Waals surface area contributed by atoms with E-state index in [-0.39, 0.29) is 0 Å². The minimum absolute atomic E-state index is 0.311. The second-order valence-electron chi connectivity index (χ2n) is 4.21. The van der Waals surface area contributed by atoms with Gasteiger partial charge in [0.1, 0.15) is 5.82 Å². The monoisotopic (exact) mass is 277 g/mol. The van der Waals surface area contributed by atoms with E-state index in [1.807, 2.05) is 12.1 Å². The number of anilines is 2. The molecule has 0 amide bonds. The molecule has 5 heteroatoms. The molecule has 0 fully saturated rings. The van der Waals surface area contributed by atoms with Crippen molar-refractivity contribution in [3.63, 3.8) is 0 Å². The van der Waals surface area contributed by atoms with Crippen LogP contribution in [0.25, 0.3) is 0 Å². The van der Waals surface area contributed by atoms with Gasteiger partial charge >= 0.3 is 0 Å². The number of nitrogens with zero attached hydrogens (tertiary/aromatic N) is 2. The van der Waals surface area contributed by atoms with Crippen molar-refractivity contribution in [2.45, 2.75) is 18.2 Å². The molecule has 0 aliphatic carbocycles. The van der Waals surface area contributed by atoms with E-state index in [1.54, 1.807) is 11.8 Å². The van der Waals surface area contributed by atoms with Crippen molar-refractivity contribution in [3.05, 3.63) is 40.8 Å². The molecule has 1 aliphatic heterocycles. The van der Waals surface area contributed by atoms with Crippen molar-refractivity contribution in [3.8, 4) is 0 Å². The van der Waals surface area contributed by atoms with Gasteiger partial charge in [0, 0.05) is 17.9 Å². The van der Waals surface area contributed by atoms with Gasteiger partial charge in [-0.2, -0.15) is 4.98 Å². The smallest absolute Gasteiger partial charge is 0.224 e. The summed E-state index contributed by atoms with van der Waals surface area (Å²) in [6.07, 6.45) is 0.963. The zero-order valence-electron chi connectivity index (χ0n) is 9.90. The zero-order valence-corrected chi connectivity index (χ0v) is 11.5. The molecule has 1 aliphatic rings. The number of nitrogens with one attached hydrogen (secondary N) is 1. The molecule has 0 saturated heterocycles. The van der Waals surface area contributed by atoms with E-state index in [4.69, 9.17) is 11.6 Å². The highest BCUT2D eigenvalue weighted by Gasteiger charge is 2.19. The van der Waals surface area contributed by atoms with Crippen LogP contribution in [-0.2, 0) is 6.42 Å². The average Bonchev–Trinajstić information content (AvgIpc) is 2.77. The van der Waals surface area contributed by atoms with Gasteiger partial charge in [0.15, 0.2) is 0 Å². The SMILES string of the molecule is Cc1cccc(Nc2nc(Cl)nc3c2SCC3)c1. The minimum atomic E-state index is 0.311. The predicted octanol–water partition coefficient (Wildman–Crippen LogP) is 3.83. The van der Waals surface area contributed by atoms with E-state index in [9.17, 15) is 0 Å². The second-order valence-corrected chi connectivity index (χ2v) is 5.65. The molecule has 0 unspecified atom stereocenters. The number of aromatic nitrogens is 2. The second kappa shape index (κ2) is 4.78. The van der Waals surface area contributed by atoms with E-state index >= 15 is 0 Å². The van der Waals surface area contributed by atoms with Crippen LogP contribution in [0.4, 0.5) is 11.5 Å². The third-order valence-corrected chi connectivity index (χ3v) is 4.07. The fourth-order valence-electron chi connectivity index (χ4n) is 1.98. The first-order chi connectivity index (χ1) is 8.72. The molecule has 1 aromatic heterocycles. The number of benzene rings is 1. The van der Waals surface area contributed by atoms with E-state index in [0.717, 1.165) is 34.3 Å². The summed E-state index contributed by atoms with van der Waals surface area (Å²) < 4.78 is 0. The van der Waals surface area contributed by atoms with Gasteiger partial charge in [-0.05, 0) is 36.2 Å². The van der Waals surface area contributed by atoms with Crippen LogP contribution in [0.15, 0.2) is 29.2 Å². The van der Waals surface area contributed by atoms with Crippen LogP contribution in [0.5, 0.6) is 0 Å². The number of aryl methyl sites for hydroxylation is 2. The lowest BCUT2D eigenvalue weighted by Crippen LogP contribution is -2.00. The van der Waals surface area contributed by atoms with Crippen molar-refractivity contribution in [1.82, 2.24) is 9.97 Å². The van der Waals surface area contributed by atoms with Crippen molar-refractivity contribution in [1.29, 1.82) is 0 Å².